The lowest BCUT2D eigenvalue weighted by molar-refractivity contribution is -0.166. The molecule has 6 nitrogen and oxygen atoms in total. The smallest absolute Gasteiger partial charge is 0.310 e. The van der Waals surface area contributed by atoms with E-state index in [0.29, 0.717) is 12.8 Å². The van der Waals surface area contributed by atoms with E-state index in [1.807, 2.05) is 6.08 Å². The Morgan fingerprint density at radius 1 is 0.314 bits per heavy atom. The fourth-order valence-electron chi connectivity index (χ4n) is 7.70. The van der Waals surface area contributed by atoms with Crippen LogP contribution in [-0.2, 0) is 28.6 Å². The molecule has 70 heavy (non-hydrogen) atoms. The van der Waals surface area contributed by atoms with Crippen molar-refractivity contribution in [1.29, 1.82) is 0 Å². The van der Waals surface area contributed by atoms with Crippen LogP contribution in [0.3, 0.4) is 0 Å². The average Bonchev–Trinajstić information content (AvgIpc) is 3.36. The van der Waals surface area contributed by atoms with Crippen LogP contribution in [0.5, 0.6) is 0 Å². The van der Waals surface area contributed by atoms with Crippen LogP contribution in [0.1, 0.15) is 258 Å². The third-order valence-electron chi connectivity index (χ3n) is 12.0. The monoisotopic (exact) mass is 971 g/mol. The topological polar surface area (TPSA) is 78.9 Å². The van der Waals surface area contributed by atoms with Gasteiger partial charge in [0.1, 0.15) is 13.2 Å². The van der Waals surface area contributed by atoms with E-state index in [9.17, 15) is 14.4 Å². The van der Waals surface area contributed by atoms with Crippen molar-refractivity contribution in [3.63, 3.8) is 0 Å². The Hall–Kier alpha value is -3.93. The second-order valence-corrected chi connectivity index (χ2v) is 18.8. The highest BCUT2D eigenvalue weighted by Crippen LogP contribution is 2.14. The van der Waals surface area contributed by atoms with Gasteiger partial charge in [-0.15, -0.1) is 0 Å². The maximum absolute atomic E-state index is 12.8. The van der Waals surface area contributed by atoms with E-state index in [0.717, 1.165) is 96.3 Å². The summed E-state index contributed by atoms with van der Waals surface area (Å²) in [6.45, 7) is 6.39. The minimum Gasteiger partial charge on any atom is -0.462 e. The first-order valence-electron chi connectivity index (χ1n) is 28.9. The Kier molecular flexibility index (Phi) is 54.4. The van der Waals surface area contributed by atoms with Crippen LogP contribution in [-0.4, -0.2) is 37.2 Å². The second kappa shape index (κ2) is 57.6. The molecule has 0 aromatic rings. The van der Waals surface area contributed by atoms with Crippen LogP contribution in [0.4, 0.5) is 0 Å². The summed E-state index contributed by atoms with van der Waals surface area (Å²) >= 11 is 0. The van der Waals surface area contributed by atoms with E-state index >= 15 is 0 Å². The van der Waals surface area contributed by atoms with Gasteiger partial charge in [0.05, 0.1) is 6.42 Å². The minimum absolute atomic E-state index is 0.0917. The molecule has 0 aliphatic heterocycles. The Balaban J connectivity index is 4.39. The number of carbonyl (C=O) groups excluding carboxylic acids is 3. The van der Waals surface area contributed by atoms with Gasteiger partial charge in [0.15, 0.2) is 6.10 Å². The number of carbonyl (C=O) groups is 3. The SMILES string of the molecule is CC/C=C\C/C=C\C/C=C\C/C=C\C/C=C\CC(=O)OC(COC(=O)CCCCCCC/C=C\CCCCC)COC(=O)CCCCCCCCCCCC/C=C\C/C=C\C/C=C\CCCCCCC. The van der Waals surface area contributed by atoms with Crippen LogP contribution in [0.25, 0.3) is 0 Å². The predicted octanol–water partition coefficient (Wildman–Crippen LogP) is 19.5. The molecule has 0 saturated heterocycles. The standard InChI is InChI=1S/C64H106O6/c1-4-7-10-13-16-19-22-25-27-28-29-30-31-32-33-34-35-36-38-39-42-45-48-51-54-57-63(66)69-60-61(59-68-62(65)56-53-50-47-44-41-24-21-18-15-12-9-6-3)70-64(67)58-55-52-49-46-43-40-37-26-23-20-17-14-11-8-5-2/h8,11,17-18,20-22,25-26,28-29,31-32,37,43,46,52,55,61H,4-7,9-10,12-16,19,23-24,27,30,33-36,38-42,44-45,47-51,53-54,56-60H2,1-3H3/b11-8-,20-17-,21-18-,25-22-,29-28-,32-31-,37-26-,46-43-,55-52-. The first kappa shape index (κ1) is 66.1. The van der Waals surface area contributed by atoms with Gasteiger partial charge < -0.3 is 14.2 Å². The molecule has 0 fully saturated rings. The minimum atomic E-state index is -0.839. The summed E-state index contributed by atoms with van der Waals surface area (Å²) in [4.78, 5) is 38.0. The van der Waals surface area contributed by atoms with Crippen molar-refractivity contribution < 1.29 is 28.6 Å². The molecule has 0 spiro atoms. The Labute approximate surface area is 431 Å². The van der Waals surface area contributed by atoms with Crippen molar-refractivity contribution in [3.05, 3.63) is 109 Å². The van der Waals surface area contributed by atoms with E-state index in [1.165, 1.54) is 122 Å². The van der Waals surface area contributed by atoms with Crippen LogP contribution in [0, 0.1) is 0 Å². The normalized spacial score (nSPS) is 12.9. The first-order chi connectivity index (χ1) is 34.5. The van der Waals surface area contributed by atoms with Crippen LogP contribution >= 0.6 is 0 Å². The lowest BCUT2D eigenvalue weighted by Crippen LogP contribution is -2.30. The first-order valence-corrected chi connectivity index (χ1v) is 28.9. The largest absolute Gasteiger partial charge is 0.462 e. The van der Waals surface area contributed by atoms with Gasteiger partial charge in [-0.2, -0.15) is 0 Å². The third kappa shape index (κ3) is 55.0. The molecule has 0 aromatic carbocycles. The molecular formula is C64H106O6. The highest BCUT2D eigenvalue weighted by atomic mass is 16.6. The molecule has 0 radical (unpaired) electrons. The van der Waals surface area contributed by atoms with Gasteiger partial charge in [-0.25, -0.2) is 0 Å². The fourth-order valence-corrected chi connectivity index (χ4v) is 7.70. The van der Waals surface area contributed by atoms with Crippen molar-refractivity contribution in [2.75, 3.05) is 13.2 Å². The van der Waals surface area contributed by atoms with E-state index in [-0.39, 0.29) is 31.6 Å². The number of rotatable bonds is 51. The molecule has 0 rings (SSSR count). The molecule has 0 amide bonds. The zero-order chi connectivity index (χ0) is 50.7. The van der Waals surface area contributed by atoms with Crippen LogP contribution in [0.2, 0.25) is 0 Å². The van der Waals surface area contributed by atoms with Gasteiger partial charge in [0.2, 0.25) is 0 Å². The Bertz CT molecular complexity index is 1440. The van der Waals surface area contributed by atoms with Gasteiger partial charge in [0.25, 0.3) is 0 Å². The number of hydrogen-bond donors (Lipinski definition) is 0. The molecule has 0 bridgehead atoms. The molecule has 0 N–H and O–H groups in total. The fraction of sp³-hybridized carbons (Fsp3) is 0.672. The number of ether oxygens (including phenoxy) is 3. The molecule has 398 valence electrons. The van der Waals surface area contributed by atoms with Gasteiger partial charge in [-0.05, 0) is 109 Å². The molecule has 0 saturated carbocycles. The van der Waals surface area contributed by atoms with E-state index in [1.54, 1.807) is 6.08 Å². The Morgan fingerprint density at radius 3 is 0.986 bits per heavy atom. The van der Waals surface area contributed by atoms with Gasteiger partial charge in [0, 0.05) is 12.8 Å². The van der Waals surface area contributed by atoms with Crippen LogP contribution < -0.4 is 0 Å². The lowest BCUT2D eigenvalue weighted by atomic mass is 10.1. The van der Waals surface area contributed by atoms with E-state index in [4.69, 9.17) is 14.2 Å². The summed E-state index contributed by atoms with van der Waals surface area (Å²) in [5.74, 6) is -1.07. The summed E-state index contributed by atoms with van der Waals surface area (Å²) in [5, 5.41) is 0. The number of hydrogen-bond acceptors (Lipinski definition) is 6. The van der Waals surface area contributed by atoms with E-state index < -0.39 is 12.1 Å². The summed E-state index contributed by atoms with van der Waals surface area (Å²) in [6.07, 6.45) is 78.3. The third-order valence-corrected chi connectivity index (χ3v) is 12.0. The number of allylic oxidation sites excluding steroid dienone is 17. The summed E-state index contributed by atoms with van der Waals surface area (Å²) in [7, 11) is 0. The van der Waals surface area contributed by atoms with E-state index in [2.05, 4.69) is 118 Å². The zero-order valence-corrected chi connectivity index (χ0v) is 45.5. The molecule has 0 heterocycles. The molecule has 1 unspecified atom stereocenters. The van der Waals surface area contributed by atoms with Crippen molar-refractivity contribution in [3.8, 4) is 0 Å². The van der Waals surface area contributed by atoms with Gasteiger partial charge >= 0.3 is 17.9 Å². The van der Waals surface area contributed by atoms with Crippen molar-refractivity contribution >= 4 is 17.9 Å². The number of unbranched alkanes of at least 4 members (excludes halogenated alkanes) is 23. The molecular weight excluding hydrogens is 865 g/mol. The number of esters is 3. The summed E-state index contributed by atoms with van der Waals surface area (Å²) in [5.41, 5.74) is 0. The average molecular weight is 972 g/mol. The molecule has 1 atom stereocenters. The van der Waals surface area contributed by atoms with Gasteiger partial charge in [-0.1, -0.05) is 239 Å². The van der Waals surface area contributed by atoms with Crippen molar-refractivity contribution in [2.45, 2.75) is 264 Å². The molecule has 0 aliphatic rings. The summed E-state index contributed by atoms with van der Waals surface area (Å²) < 4.78 is 16.7. The zero-order valence-electron chi connectivity index (χ0n) is 45.5. The maximum atomic E-state index is 12.8. The second-order valence-electron chi connectivity index (χ2n) is 18.8. The molecule has 0 aliphatic carbocycles. The highest BCUT2D eigenvalue weighted by Gasteiger charge is 2.19. The molecule has 0 aromatic heterocycles. The highest BCUT2D eigenvalue weighted by molar-refractivity contribution is 5.72. The van der Waals surface area contributed by atoms with Crippen molar-refractivity contribution in [1.82, 2.24) is 0 Å². The van der Waals surface area contributed by atoms with Crippen molar-refractivity contribution in [2.24, 2.45) is 0 Å². The predicted molar refractivity (Wildman–Crippen MR) is 302 cm³/mol. The lowest BCUT2D eigenvalue weighted by Gasteiger charge is -2.18. The van der Waals surface area contributed by atoms with Gasteiger partial charge in [-0.3, -0.25) is 14.4 Å². The molecule has 6 heteroatoms. The quantitative estimate of drug-likeness (QED) is 0.0262. The van der Waals surface area contributed by atoms with Crippen LogP contribution in [0.15, 0.2) is 109 Å². The maximum Gasteiger partial charge on any atom is 0.310 e. The Morgan fingerprint density at radius 2 is 0.600 bits per heavy atom. The summed E-state index contributed by atoms with van der Waals surface area (Å²) in [6, 6.07) is 0.